The van der Waals surface area contributed by atoms with Gasteiger partial charge in [0.25, 0.3) is 0 Å². The normalized spacial score (nSPS) is 13.1. The van der Waals surface area contributed by atoms with E-state index in [0.717, 1.165) is 6.26 Å². The van der Waals surface area contributed by atoms with Crippen LogP contribution in [0.15, 0.2) is 24.3 Å². The minimum Gasteiger partial charge on any atom is -0.481 e. The van der Waals surface area contributed by atoms with Crippen LogP contribution < -0.4 is 4.72 Å². The summed E-state index contributed by atoms with van der Waals surface area (Å²) in [6.45, 7) is 1.51. The number of anilines is 1. The van der Waals surface area contributed by atoms with Crippen LogP contribution in [0, 0.1) is 0 Å². The van der Waals surface area contributed by atoms with Gasteiger partial charge < -0.3 is 5.11 Å². The van der Waals surface area contributed by atoms with Crippen LogP contribution in [0.5, 0.6) is 0 Å². The summed E-state index contributed by atoms with van der Waals surface area (Å²) < 4.78 is 24.5. The van der Waals surface area contributed by atoms with E-state index in [-0.39, 0.29) is 0 Å². The van der Waals surface area contributed by atoms with Crippen LogP contribution in [-0.2, 0) is 14.8 Å². The molecule has 0 aliphatic rings. The van der Waals surface area contributed by atoms with Gasteiger partial charge in [-0.3, -0.25) is 9.52 Å². The average molecular weight is 243 g/mol. The maximum atomic E-state index is 11.1. The van der Waals surface area contributed by atoms with Gasteiger partial charge in [-0.1, -0.05) is 18.2 Å². The van der Waals surface area contributed by atoms with Gasteiger partial charge in [-0.05, 0) is 18.6 Å². The Balaban J connectivity index is 3.15. The summed E-state index contributed by atoms with van der Waals surface area (Å²) in [5.74, 6) is -1.76. The van der Waals surface area contributed by atoms with Crippen LogP contribution in [-0.4, -0.2) is 25.7 Å². The first-order chi connectivity index (χ1) is 7.31. The standard InChI is InChI=1S/C10H13NO4S/c1-7(10(12)13)8-5-3-4-6-9(8)11-16(2,14)15/h3-7,11H,1-2H3,(H,12,13). The van der Waals surface area contributed by atoms with E-state index >= 15 is 0 Å². The zero-order chi connectivity index (χ0) is 12.3. The number of para-hydroxylation sites is 1. The monoisotopic (exact) mass is 243 g/mol. The number of hydrogen-bond donors (Lipinski definition) is 2. The summed E-state index contributed by atoms with van der Waals surface area (Å²) in [6, 6.07) is 6.44. The number of sulfonamides is 1. The SMILES string of the molecule is CC(C(=O)O)c1ccccc1NS(C)(=O)=O. The summed E-state index contributed by atoms with van der Waals surface area (Å²) in [4.78, 5) is 10.8. The molecule has 6 heteroatoms. The molecule has 0 bridgehead atoms. The second-order valence-electron chi connectivity index (χ2n) is 3.52. The first kappa shape index (κ1) is 12.5. The summed E-state index contributed by atoms with van der Waals surface area (Å²) in [5, 5.41) is 8.88. The Kier molecular flexibility index (Phi) is 3.54. The Morgan fingerprint density at radius 1 is 1.38 bits per heavy atom. The largest absolute Gasteiger partial charge is 0.481 e. The van der Waals surface area contributed by atoms with Crippen molar-refractivity contribution in [3.63, 3.8) is 0 Å². The zero-order valence-corrected chi connectivity index (χ0v) is 9.78. The third-order valence-electron chi connectivity index (χ3n) is 2.09. The molecule has 0 saturated carbocycles. The maximum Gasteiger partial charge on any atom is 0.310 e. The Hall–Kier alpha value is -1.56. The lowest BCUT2D eigenvalue weighted by atomic mass is 10.00. The summed E-state index contributed by atoms with van der Waals surface area (Å²) in [7, 11) is -3.40. The second kappa shape index (κ2) is 4.52. The molecule has 16 heavy (non-hydrogen) atoms. The third-order valence-corrected chi connectivity index (χ3v) is 2.68. The van der Waals surface area contributed by atoms with E-state index in [2.05, 4.69) is 4.72 Å². The predicted molar refractivity (Wildman–Crippen MR) is 61.0 cm³/mol. The Morgan fingerprint density at radius 3 is 2.44 bits per heavy atom. The number of rotatable bonds is 4. The molecule has 0 aliphatic carbocycles. The molecule has 5 nitrogen and oxygen atoms in total. The van der Waals surface area contributed by atoms with Gasteiger partial charge in [-0.2, -0.15) is 0 Å². The molecule has 0 aromatic heterocycles. The zero-order valence-electron chi connectivity index (χ0n) is 8.97. The van der Waals surface area contributed by atoms with Crippen LogP contribution in [0.4, 0.5) is 5.69 Å². The quantitative estimate of drug-likeness (QED) is 0.833. The first-order valence-electron chi connectivity index (χ1n) is 4.61. The minimum atomic E-state index is -3.40. The van der Waals surface area contributed by atoms with Gasteiger partial charge in [0.15, 0.2) is 0 Å². The smallest absolute Gasteiger partial charge is 0.310 e. The van der Waals surface area contributed by atoms with E-state index in [4.69, 9.17) is 5.11 Å². The molecule has 0 fully saturated rings. The molecular formula is C10H13NO4S. The van der Waals surface area contributed by atoms with Crippen molar-refractivity contribution in [3.05, 3.63) is 29.8 Å². The highest BCUT2D eigenvalue weighted by atomic mass is 32.2. The van der Waals surface area contributed by atoms with E-state index in [1.807, 2.05) is 0 Å². The van der Waals surface area contributed by atoms with Gasteiger partial charge in [0.2, 0.25) is 10.0 Å². The highest BCUT2D eigenvalue weighted by Crippen LogP contribution is 2.24. The maximum absolute atomic E-state index is 11.1. The summed E-state index contributed by atoms with van der Waals surface area (Å²) in [6.07, 6.45) is 1.02. The van der Waals surface area contributed by atoms with Gasteiger partial charge in [0, 0.05) is 0 Å². The van der Waals surface area contributed by atoms with Crippen molar-refractivity contribution in [2.24, 2.45) is 0 Å². The van der Waals surface area contributed by atoms with Crippen molar-refractivity contribution < 1.29 is 18.3 Å². The highest BCUT2D eigenvalue weighted by Gasteiger charge is 2.18. The molecule has 88 valence electrons. The van der Waals surface area contributed by atoms with E-state index in [9.17, 15) is 13.2 Å². The topological polar surface area (TPSA) is 83.5 Å². The molecule has 1 aromatic rings. The fraction of sp³-hybridized carbons (Fsp3) is 0.300. The van der Waals surface area contributed by atoms with Gasteiger partial charge in [0.05, 0.1) is 17.9 Å². The van der Waals surface area contributed by atoms with E-state index in [1.165, 1.54) is 13.0 Å². The van der Waals surface area contributed by atoms with Gasteiger partial charge in [-0.25, -0.2) is 8.42 Å². The minimum absolute atomic E-state index is 0.305. The second-order valence-corrected chi connectivity index (χ2v) is 5.27. The number of aliphatic carboxylic acids is 1. The van der Waals surface area contributed by atoms with E-state index in [0.29, 0.717) is 11.3 Å². The number of benzene rings is 1. The van der Waals surface area contributed by atoms with Crippen molar-refractivity contribution >= 4 is 21.7 Å². The number of carbonyl (C=O) groups is 1. The lowest BCUT2D eigenvalue weighted by molar-refractivity contribution is -0.138. The molecule has 0 saturated heterocycles. The van der Waals surface area contributed by atoms with Crippen molar-refractivity contribution in [3.8, 4) is 0 Å². The van der Waals surface area contributed by atoms with Crippen molar-refractivity contribution in [1.82, 2.24) is 0 Å². The van der Waals surface area contributed by atoms with Crippen molar-refractivity contribution in [2.75, 3.05) is 11.0 Å². The molecule has 0 spiro atoms. The number of hydrogen-bond acceptors (Lipinski definition) is 3. The van der Waals surface area contributed by atoms with Crippen LogP contribution >= 0.6 is 0 Å². The van der Waals surface area contributed by atoms with E-state index < -0.39 is 21.9 Å². The predicted octanol–water partition coefficient (Wildman–Crippen LogP) is 1.25. The average Bonchev–Trinajstić information content (AvgIpc) is 2.15. The lowest BCUT2D eigenvalue weighted by Crippen LogP contribution is -2.14. The number of carboxylic acid groups (broad SMARTS) is 1. The van der Waals surface area contributed by atoms with Crippen LogP contribution in [0.2, 0.25) is 0 Å². The molecule has 1 atom stereocenters. The van der Waals surface area contributed by atoms with Gasteiger partial charge >= 0.3 is 5.97 Å². The summed E-state index contributed by atoms with van der Waals surface area (Å²) in [5.41, 5.74) is 0.750. The van der Waals surface area contributed by atoms with Crippen LogP contribution in [0.1, 0.15) is 18.4 Å². The fourth-order valence-electron chi connectivity index (χ4n) is 1.30. The molecule has 0 amide bonds. The third kappa shape index (κ3) is 3.23. The molecule has 2 N–H and O–H groups in total. The molecule has 0 heterocycles. The Labute approximate surface area is 94.2 Å². The number of nitrogens with one attached hydrogen (secondary N) is 1. The molecule has 1 aromatic carbocycles. The van der Waals surface area contributed by atoms with E-state index in [1.54, 1.807) is 18.2 Å². The molecular weight excluding hydrogens is 230 g/mol. The first-order valence-corrected chi connectivity index (χ1v) is 6.50. The Morgan fingerprint density at radius 2 is 1.94 bits per heavy atom. The van der Waals surface area contributed by atoms with Crippen molar-refractivity contribution in [2.45, 2.75) is 12.8 Å². The van der Waals surface area contributed by atoms with Crippen LogP contribution in [0.25, 0.3) is 0 Å². The van der Waals surface area contributed by atoms with Crippen LogP contribution in [0.3, 0.4) is 0 Å². The fourth-order valence-corrected chi connectivity index (χ4v) is 1.89. The molecule has 1 rings (SSSR count). The Bertz CT molecular complexity index is 495. The van der Waals surface area contributed by atoms with Crippen molar-refractivity contribution in [1.29, 1.82) is 0 Å². The molecule has 0 aliphatic heterocycles. The molecule has 1 unspecified atom stereocenters. The number of carboxylic acids is 1. The van der Waals surface area contributed by atoms with Gasteiger partial charge in [-0.15, -0.1) is 0 Å². The van der Waals surface area contributed by atoms with Gasteiger partial charge in [0.1, 0.15) is 0 Å². The molecule has 0 radical (unpaired) electrons. The summed E-state index contributed by atoms with van der Waals surface area (Å²) >= 11 is 0. The lowest BCUT2D eigenvalue weighted by Gasteiger charge is -2.13. The highest BCUT2D eigenvalue weighted by molar-refractivity contribution is 7.92.